The number of amides is 2. The lowest BCUT2D eigenvalue weighted by molar-refractivity contribution is -0.156. The molecule has 0 aliphatic carbocycles. The molecule has 0 saturated carbocycles. The van der Waals surface area contributed by atoms with E-state index < -0.39 is 53.7 Å². The molecular weight excluding hydrogens is 442 g/mol. The van der Waals surface area contributed by atoms with E-state index in [1.807, 2.05) is 0 Å². The summed E-state index contributed by atoms with van der Waals surface area (Å²) in [6.07, 6.45) is -3.13. The quantitative estimate of drug-likeness (QED) is 0.459. The van der Waals surface area contributed by atoms with Gasteiger partial charge in [0.15, 0.2) is 0 Å². The van der Waals surface area contributed by atoms with Gasteiger partial charge in [-0.25, -0.2) is 23.2 Å². The van der Waals surface area contributed by atoms with Gasteiger partial charge in [-0.2, -0.15) is 0 Å². The molecule has 2 unspecified atom stereocenters. The molecule has 2 atom stereocenters. The average Bonchev–Trinajstić information content (AvgIpc) is 2.70. The Kier molecular flexibility index (Phi) is 7.60. The van der Waals surface area contributed by atoms with Crippen molar-refractivity contribution in [1.29, 1.82) is 0 Å². The summed E-state index contributed by atoms with van der Waals surface area (Å²) in [5, 5.41) is 32.4. The lowest BCUT2D eigenvalue weighted by Gasteiger charge is -2.43. The maximum atomic E-state index is 13.6. The maximum Gasteiger partial charge on any atom is 0.410 e. The molecule has 0 aliphatic rings. The number of aliphatic hydroxyl groups is 1. The van der Waals surface area contributed by atoms with Gasteiger partial charge >= 0.3 is 18.2 Å². The molecule has 2 amide bonds. The summed E-state index contributed by atoms with van der Waals surface area (Å²) in [4.78, 5) is 38.0. The molecule has 11 heteroatoms. The van der Waals surface area contributed by atoms with Crippen LogP contribution in [-0.2, 0) is 15.2 Å². The van der Waals surface area contributed by atoms with E-state index in [2.05, 4.69) is 5.32 Å². The molecule has 0 aliphatic heterocycles. The fraction of sp³-hybridized carbons (Fsp3) is 0.318. The van der Waals surface area contributed by atoms with Gasteiger partial charge in [0.2, 0.25) is 5.66 Å². The van der Waals surface area contributed by atoms with Crippen LogP contribution in [0.15, 0.2) is 48.5 Å². The summed E-state index contributed by atoms with van der Waals surface area (Å²) in [5.74, 6) is -3.25. The number of carboxylic acids is 1. The first-order valence-corrected chi connectivity index (χ1v) is 9.71. The van der Waals surface area contributed by atoms with Crippen molar-refractivity contribution in [3.8, 4) is 0 Å². The molecule has 0 heterocycles. The summed E-state index contributed by atoms with van der Waals surface area (Å²) in [6.45, 7) is 3.61. The zero-order valence-corrected chi connectivity index (χ0v) is 18.1. The third kappa shape index (κ3) is 5.75. The van der Waals surface area contributed by atoms with Crippen LogP contribution in [0.3, 0.4) is 0 Å². The summed E-state index contributed by atoms with van der Waals surface area (Å²) < 4.78 is 32.1. The highest BCUT2D eigenvalue weighted by Gasteiger charge is 2.54. The minimum atomic E-state index is -2.86. The summed E-state index contributed by atoms with van der Waals surface area (Å²) >= 11 is 0. The monoisotopic (exact) mass is 466 g/mol. The van der Waals surface area contributed by atoms with Crippen molar-refractivity contribution in [3.63, 3.8) is 0 Å². The van der Waals surface area contributed by atoms with Gasteiger partial charge in [-0.15, -0.1) is 0 Å². The number of nitrogens with zero attached hydrogens (tertiary/aromatic N) is 1. The molecular formula is C22H24F2N2O7. The molecule has 9 nitrogen and oxygen atoms in total. The standard InChI is InChI=1S/C22H24F2N2O7/c1-21(2,3)33-19(30)25-22(18(28)29,14-6-10-16(24)11-7-14)26(20(31)32)17(12-27)13-4-8-15(23)9-5-13/h4-11,17,27H,12H2,1-3H3,(H,25,30)(H,28,29)(H,31,32). The molecule has 4 N–H and O–H groups in total. The third-order valence-electron chi connectivity index (χ3n) is 4.56. The van der Waals surface area contributed by atoms with Crippen LogP contribution in [0.5, 0.6) is 0 Å². The Morgan fingerprint density at radius 1 is 0.970 bits per heavy atom. The van der Waals surface area contributed by atoms with Crippen LogP contribution < -0.4 is 5.32 Å². The number of carbonyl (C=O) groups is 3. The van der Waals surface area contributed by atoms with Gasteiger partial charge in [0, 0.05) is 5.56 Å². The minimum Gasteiger partial charge on any atom is -0.478 e. The van der Waals surface area contributed by atoms with Crippen molar-refractivity contribution in [1.82, 2.24) is 10.2 Å². The highest BCUT2D eigenvalue weighted by molar-refractivity contribution is 5.89. The van der Waals surface area contributed by atoms with Gasteiger partial charge < -0.3 is 20.1 Å². The van der Waals surface area contributed by atoms with E-state index in [1.54, 1.807) is 0 Å². The Balaban J connectivity index is 2.78. The van der Waals surface area contributed by atoms with Crippen LogP contribution in [0.4, 0.5) is 18.4 Å². The summed E-state index contributed by atoms with van der Waals surface area (Å²) in [6, 6.07) is 6.49. The lowest BCUT2D eigenvalue weighted by atomic mass is 9.93. The lowest BCUT2D eigenvalue weighted by Crippen LogP contribution is -2.65. The van der Waals surface area contributed by atoms with Crippen LogP contribution in [0.25, 0.3) is 0 Å². The number of aliphatic hydroxyl groups excluding tert-OH is 1. The van der Waals surface area contributed by atoms with Gasteiger partial charge in [-0.3, -0.25) is 10.2 Å². The van der Waals surface area contributed by atoms with Gasteiger partial charge in [0.1, 0.15) is 17.2 Å². The number of alkyl carbamates (subject to hydrolysis) is 1. The van der Waals surface area contributed by atoms with Crippen LogP contribution >= 0.6 is 0 Å². The normalized spacial score (nSPS) is 14.0. The van der Waals surface area contributed by atoms with Crippen molar-refractivity contribution >= 4 is 18.2 Å². The van der Waals surface area contributed by atoms with Crippen LogP contribution in [-0.4, -0.2) is 50.6 Å². The van der Waals surface area contributed by atoms with Crippen LogP contribution in [0, 0.1) is 11.6 Å². The molecule has 2 aromatic rings. The van der Waals surface area contributed by atoms with Crippen molar-refractivity contribution in [3.05, 3.63) is 71.3 Å². The molecule has 0 spiro atoms. The number of nitrogens with one attached hydrogen (secondary N) is 1. The molecule has 0 fully saturated rings. The second-order valence-corrected chi connectivity index (χ2v) is 8.05. The second kappa shape index (κ2) is 9.82. The number of carboxylic acid groups (broad SMARTS) is 2. The SMILES string of the molecule is CC(C)(C)OC(=O)NC(C(=O)O)(c1ccc(F)cc1)N(C(=O)O)C(CO)c1ccc(F)cc1. The van der Waals surface area contributed by atoms with E-state index in [4.69, 9.17) is 4.74 Å². The molecule has 2 rings (SSSR count). The molecule has 0 radical (unpaired) electrons. The minimum absolute atomic E-state index is 0.0417. The molecule has 0 saturated heterocycles. The number of hydrogen-bond donors (Lipinski definition) is 4. The first-order chi connectivity index (χ1) is 15.3. The number of aliphatic carboxylic acids is 1. The largest absolute Gasteiger partial charge is 0.478 e. The smallest absolute Gasteiger partial charge is 0.410 e. The fourth-order valence-corrected chi connectivity index (χ4v) is 3.23. The highest BCUT2D eigenvalue weighted by atomic mass is 19.1. The average molecular weight is 466 g/mol. The number of rotatable bonds is 7. The highest BCUT2D eigenvalue weighted by Crippen LogP contribution is 2.35. The molecule has 2 aromatic carbocycles. The van der Waals surface area contributed by atoms with Gasteiger partial charge in [0.05, 0.1) is 12.6 Å². The van der Waals surface area contributed by atoms with E-state index in [0.29, 0.717) is 4.90 Å². The molecule has 0 aromatic heterocycles. The van der Waals surface area contributed by atoms with E-state index in [-0.39, 0.29) is 11.1 Å². The maximum absolute atomic E-state index is 13.6. The predicted molar refractivity (Wildman–Crippen MR) is 111 cm³/mol. The van der Waals surface area contributed by atoms with Gasteiger partial charge in [-0.05, 0) is 50.6 Å². The first kappa shape index (κ1) is 25.5. The second-order valence-electron chi connectivity index (χ2n) is 8.05. The Morgan fingerprint density at radius 3 is 1.85 bits per heavy atom. The van der Waals surface area contributed by atoms with Crippen molar-refractivity contribution in [2.75, 3.05) is 6.61 Å². The van der Waals surface area contributed by atoms with Crippen molar-refractivity contribution in [2.45, 2.75) is 38.1 Å². The Morgan fingerprint density at radius 2 is 1.45 bits per heavy atom. The first-order valence-electron chi connectivity index (χ1n) is 9.71. The summed E-state index contributed by atoms with van der Waals surface area (Å²) in [7, 11) is 0. The Labute approximate surface area is 188 Å². The number of halogens is 2. The predicted octanol–water partition coefficient (Wildman–Crippen LogP) is 3.44. The molecule has 178 valence electrons. The topological polar surface area (TPSA) is 136 Å². The Hall–Kier alpha value is -3.73. The molecule has 33 heavy (non-hydrogen) atoms. The van der Waals surface area contributed by atoms with Gasteiger partial charge in [0.25, 0.3) is 0 Å². The number of ether oxygens (including phenoxy) is 1. The van der Waals surface area contributed by atoms with E-state index >= 15 is 0 Å². The van der Waals surface area contributed by atoms with E-state index in [1.165, 1.54) is 20.8 Å². The Bertz CT molecular complexity index is 1010. The van der Waals surface area contributed by atoms with Crippen molar-refractivity contribution < 1.29 is 43.2 Å². The number of hydrogen-bond acceptors (Lipinski definition) is 5. The number of benzene rings is 2. The fourth-order valence-electron chi connectivity index (χ4n) is 3.23. The summed E-state index contributed by atoms with van der Waals surface area (Å²) in [5.41, 5.74) is -4.23. The zero-order chi connectivity index (χ0) is 25.0. The number of carbonyl (C=O) groups excluding carboxylic acids is 1. The van der Waals surface area contributed by atoms with Gasteiger partial charge in [-0.1, -0.05) is 24.3 Å². The van der Waals surface area contributed by atoms with E-state index in [0.717, 1.165) is 48.5 Å². The van der Waals surface area contributed by atoms with E-state index in [9.17, 15) is 38.5 Å². The zero-order valence-electron chi connectivity index (χ0n) is 18.1. The third-order valence-corrected chi connectivity index (χ3v) is 4.56. The van der Waals surface area contributed by atoms with Crippen LogP contribution in [0.2, 0.25) is 0 Å². The van der Waals surface area contributed by atoms with Crippen LogP contribution in [0.1, 0.15) is 37.9 Å². The van der Waals surface area contributed by atoms with Crippen molar-refractivity contribution in [2.24, 2.45) is 0 Å². The molecule has 0 bridgehead atoms.